The van der Waals surface area contributed by atoms with Gasteiger partial charge in [0.1, 0.15) is 11.5 Å². The molecule has 0 unspecified atom stereocenters. The van der Waals surface area contributed by atoms with Crippen molar-refractivity contribution >= 4 is 28.5 Å². The lowest BCUT2D eigenvalue weighted by Crippen LogP contribution is -2.32. The third-order valence-corrected chi connectivity index (χ3v) is 3.32. The Bertz CT molecular complexity index is 461. The molecule has 0 aromatic heterocycles. The number of benzene rings is 1. The van der Waals surface area contributed by atoms with Crippen molar-refractivity contribution in [1.82, 2.24) is 4.90 Å². The van der Waals surface area contributed by atoms with E-state index in [4.69, 9.17) is 5.73 Å². The van der Waals surface area contributed by atoms with Crippen molar-refractivity contribution in [2.45, 2.75) is 13.8 Å². The summed E-state index contributed by atoms with van der Waals surface area (Å²) >= 11 is 1.12. The molecule has 1 amide bonds. The fraction of sp³-hybridized carbons (Fsp3) is 0.385. The zero-order valence-corrected chi connectivity index (χ0v) is 11.9. The van der Waals surface area contributed by atoms with Gasteiger partial charge in [-0.1, -0.05) is 23.9 Å². The van der Waals surface area contributed by atoms with Gasteiger partial charge in [0.2, 0.25) is 5.91 Å². The van der Waals surface area contributed by atoms with E-state index in [2.05, 4.69) is 4.99 Å². The van der Waals surface area contributed by atoms with E-state index in [0.717, 1.165) is 11.8 Å². The van der Waals surface area contributed by atoms with E-state index in [1.54, 1.807) is 17.0 Å². The Morgan fingerprint density at radius 3 is 2.58 bits per heavy atom. The molecule has 0 aliphatic carbocycles. The van der Waals surface area contributed by atoms with Gasteiger partial charge in [0.25, 0.3) is 0 Å². The molecule has 4 nitrogen and oxygen atoms in total. The quantitative estimate of drug-likeness (QED) is 0.666. The molecule has 0 fully saturated rings. The van der Waals surface area contributed by atoms with Gasteiger partial charge in [-0.3, -0.25) is 4.79 Å². The van der Waals surface area contributed by atoms with Crippen molar-refractivity contribution in [2.24, 2.45) is 10.7 Å². The summed E-state index contributed by atoms with van der Waals surface area (Å²) in [6.07, 6.45) is 0. The van der Waals surface area contributed by atoms with Crippen molar-refractivity contribution in [3.8, 4) is 0 Å². The third kappa shape index (κ3) is 4.90. The van der Waals surface area contributed by atoms with Crippen LogP contribution < -0.4 is 5.73 Å². The van der Waals surface area contributed by atoms with E-state index in [9.17, 15) is 9.18 Å². The number of hydrogen-bond donors (Lipinski definition) is 1. The number of thioether (sulfide) groups is 1. The first-order valence-corrected chi connectivity index (χ1v) is 7.06. The molecule has 0 saturated heterocycles. The molecule has 6 heteroatoms. The van der Waals surface area contributed by atoms with E-state index < -0.39 is 5.82 Å². The normalized spacial score (nSPS) is 11.4. The number of nitrogens with zero attached hydrogens (tertiary/aromatic N) is 2. The Morgan fingerprint density at radius 1 is 1.37 bits per heavy atom. The van der Waals surface area contributed by atoms with Crippen LogP contribution in [0.15, 0.2) is 29.3 Å². The summed E-state index contributed by atoms with van der Waals surface area (Å²) in [4.78, 5) is 17.4. The first-order chi connectivity index (χ1) is 9.08. The van der Waals surface area contributed by atoms with Gasteiger partial charge < -0.3 is 10.6 Å². The summed E-state index contributed by atoms with van der Waals surface area (Å²) in [7, 11) is 0. The van der Waals surface area contributed by atoms with Crippen LogP contribution in [0.4, 0.5) is 10.1 Å². The predicted octanol–water partition coefficient (Wildman–Crippen LogP) is 2.37. The molecular formula is C13H18FN3OS. The highest BCUT2D eigenvalue weighted by atomic mass is 32.2. The Labute approximate surface area is 116 Å². The molecule has 1 aromatic carbocycles. The molecule has 1 aromatic rings. The van der Waals surface area contributed by atoms with Crippen molar-refractivity contribution in [3.05, 3.63) is 30.1 Å². The summed E-state index contributed by atoms with van der Waals surface area (Å²) in [6.45, 7) is 5.17. The molecule has 104 valence electrons. The second kappa shape index (κ2) is 7.78. The van der Waals surface area contributed by atoms with Crippen molar-refractivity contribution in [2.75, 3.05) is 18.8 Å². The summed E-state index contributed by atoms with van der Waals surface area (Å²) in [6, 6.07) is 6.12. The van der Waals surface area contributed by atoms with Crippen LogP contribution in [-0.4, -0.2) is 34.8 Å². The van der Waals surface area contributed by atoms with Crippen LogP contribution in [0.1, 0.15) is 13.8 Å². The Balaban J connectivity index is 2.58. The number of carbonyl (C=O) groups excluding carboxylic acids is 1. The summed E-state index contributed by atoms with van der Waals surface area (Å²) < 4.78 is 13.3. The van der Waals surface area contributed by atoms with Gasteiger partial charge in [-0.25, -0.2) is 9.38 Å². The average molecular weight is 283 g/mol. The van der Waals surface area contributed by atoms with Crippen LogP contribution in [-0.2, 0) is 4.79 Å². The maximum Gasteiger partial charge on any atom is 0.233 e. The number of amides is 1. The van der Waals surface area contributed by atoms with E-state index in [-0.39, 0.29) is 22.5 Å². The molecule has 0 radical (unpaired) electrons. The Morgan fingerprint density at radius 2 is 2.00 bits per heavy atom. The van der Waals surface area contributed by atoms with Gasteiger partial charge in [-0.2, -0.15) is 0 Å². The zero-order valence-electron chi connectivity index (χ0n) is 11.1. The van der Waals surface area contributed by atoms with Gasteiger partial charge in [-0.05, 0) is 26.0 Å². The molecule has 0 bridgehead atoms. The lowest BCUT2D eigenvalue weighted by Gasteiger charge is -2.17. The maximum absolute atomic E-state index is 13.3. The summed E-state index contributed by atoms with van der Waals surface area (Å²) in [5.74, 6) is -0.214. The van der Waals surface area contributed by atoms with Crippen LogP contribution >= 0.6 is 11.8 Å². The minimum atomic E-state index is -0.430. The summed E-state index contributed by atoms with van der Waals surface area (Å²) in [5.41, 5.74) is 5.86. The lowest BCUT2D eigenvalue weighted by molar-refractivity contribution is -0.127. The van der Waals surface area contributed by atoms with Crippen LogP contribution in [0, 0.1) is 5.82 Å². The lowest BCUT2D eigenvalue weighted by atomic mass is 10.3. The smallest absolute Gasteiger partial charge is 0.233 e. The molecule has 0 aliphatic rings. The minimum Gasteiger partial charge on any atom is -0.378 e. The van der Waals surface area contributed by atoms with E-state index >= 15 is 0 Å². The molecule has 2 N–H and O–H groups in total. The molecule has 0 spiro atoms. The number of rotatable bonds is 5. The summed E-state index contributed by atoms with van der Waals surface area (Å²) in [5, 5.41) is 0.186. The highest BCUT2D eigenvalue weighted by Crippen LogP contribution is 2.18. The number of hydrogen-bond acceptors (Lipinski definition) is 3. The Kier molecular flexibility index (Phi) is 6.35. The van der Waals surface area contributed by atoms with Crippen molar-refractivity contribution in [1.29, 1.82) is 0 Å². The highest BCUT2D eigenvalue weighted by Gasteiger charge is 2.10. The molecule has 0 saturated carbocycles. The SMILES string of the molecule is CCN(CC)C(=O)CSC(N)=Nc1ccccc1F. The number of aliphatic imine (C=N–C) groups is 1. The highest BCUT2D eigenvalue weighted by molar-refractivity contribution is 8.14. The topological polar surface area (TPSA) is 58.7 Å². The number of amidine groups is 1. The molecule has 19 heavy (non-hydrogen) atoms. The fourth-order valence-corrected chi connectivity index (χ4v) is 2.11. The number of halogens is 1. The molecule has 1 rings (SSSR count). The first kappa shape index (κ1) is 15.5. The van der Waals surface area contributed by atoms with Gasteiger partial charge in [0, 0.05) is 13.1 Å². The van der Waals surface area contributed by atoms with Crippen LogP contribution in [0.25, 0.3) is 0 Å². The molecule has 0 heterocycles. The maximum atomic E-state index is 13.3. The van der Waals surface area contributed by atoms with E-state index in [0.29, 0.717) is 13.1 Å². The average Bonchev–Trinajstić information content (AvgIpc) is 2.40. The van der Waals surface area contributed by atoms with Gasteiger partial charge in [0.15, 0.2) is 5.17 Å². The fourth-order valence-electron chi connectivity index (χ4n) is 1.50. The van der Waals surface area contributed by atoms with Crippen molar-refractivity contribution < 1.29 is 9.18 Å². The van der Waals surface area contributed by atoms with Crippen molar-refractivity contribution in [3.63, 3.8) is 0 Å². The number of para-hydroxylation sites is 1. The predicted molar refractivity (Wildman–Crippen MR) is 78.1 cm³/mol. The van der Waals surface area contributed by atoms with E-state index in [1.807, 2.05) is 13.8 Å². The first-order valence-electron chi connectivity index (χ1n) is 6.07. The second-order valence-corrected chi connectivity index (χ2v) is 4.75. The minimum absolute atomic E-state index is 0.00156. The third-order valence-electron chi connectivity index (χ3n) is 2.54. The van der Waals surface area contributed by atoms with Gasteiger partial charge in [0.05, 0.1) is 5.75 Å². The zero-order chi connectivity index (χ0) is 14.3. The number of carbonyl (C=O) groups is 1. The largest absolute Gasteiger partial charge is 0.378 e. The standard InChI is InChI=1S/C13H18FN3OS/c1-3-17(4-2)12(18)9-19-13(15)16-11-8-6-5-7-10(11)14/h5-8H,3-4,9H2,1-2H3,(H2,15,16). The van der Waals surface area contributed by atoms with E-state index in [1.165, 1.54) is 12.1 Å². The van der Waals surface area contributed by atoms with Gasteiger partial charge in [-0.15, -0.1) is 0 Å². The molecular weight excluding hydrogens is 265 g/mol. The molecule has 0 aliphatic heterocycles. The van der Waals surface area contributed by atoms with Crippen LogP contribution in [0.2, 0.25) is 0 Å². The van der Waals surface area contributed by atoms with Crippen LogP contribution in [0.3, 0.4) is 0 Å². The second-order valence-electron chi connectivity index (χ2n) is 3.76. The number of nitrogens with two attached hydrogens (primary N) is 1. The molecule has 0 atom stereocenters. The van der Waals surface area contributed by atoms with Crippen LogP contribution in [0.5, 0.6) is 0 Å². The Hall–Kier alpha value is -1.56. The monoisotopic (exact) mass is 283 g/mol. The van der Waals surface area contributed by atoms with Gasteiger partial charge >= 0.3 is 0 Å².